The van der Waals surface area contributed by atoms with Crippen LogP contribution in [0.25, 0.3) is 5.57 Å². The van der Waals surface area contributed by atoms with Crippen LogP contribution in [0.4, 0.5) is 11.4 Å². The van der Waals surface area contributed by atoms with Crippen LogP contribution in [0.2, 0.25) is 10.0 Å². The number of nitriles is 1. The number of carbonyl (C=O) groups excluding carboxylic acids is 2. The Hall–Kier alpha value is -3.59. The minimum absolute atomic E-state index is 0.0820. The van der Waals surface area contributed by atoms with Gasteiger partial charge in [0.1, 0.15) is 11.6 Å². The monoisotopic (exact) mass is 447 g/mol. The van der Waals surface area contributed by atoms with Gasteiger partial charge < -0.3 is 10.2 Å². The molecule has 1 aliphatic rings. The molecule has 7 heteroatoms. The van der Waals surface area contributed by atoms with Crippen LogP contribution in [0.5, 0.6) is 0 Å². The van der Waals surface area contributed by atoms with Crippen molar-refractivity contribution < 1.29 is 9.59 Å². The van der Waals surface area contributed by atoms with Crippen molar-refractivity contribution in [3.8, 4) is 6.07 Å². The summed E-state index contributed by atoms with van der Waals surface area (Å²) in [6.45, 7) is 0.286. The molecule has 1 N–H and O–H groups in total. The molecule has 0 aliphatic carbocycles. The molecule has 4 rings (SSSR count). The van der Waals surface area contributed by atoms with E-state index in [1.165, 1.54) is 0 Å². The van der Waals surface area contributed by atoms with Crippen LogP contribution in [0, 0.1) is 11.3 Å². The van der Waals surface area contributed by atoms with Gasteiger partial charge in [0.05, 0.1) is 17.8 Å². The van der Waals surface area contributed by atoms with Crippen molar-refractivity contribution in [3.05, 3.63) is 99.5 Å². The molecule has 5 nitrogen and oxygen atoms in total. The number of amides is 2. The van der Waals surface area contributed by atoms with Crippen LogP contribution >= 0.6 is 23.2 Å². The van der Waals surface area contributed by atoms with E-state index in [4.69, 9.17) is 23.2 Å². The van der Waals surface area contributed by atoms with E-state index >= 15 is 0 Å². The minimum atomic E-state index is -0.656. The average Bonchev–Trinajstić information content (AvgIpc) is 3.04. The Labute approximate surface area is 189 Å². The Morgan fingerprint density at radius 1 is 0.935 bits per heavy atom. The number of para-hydroxylation sites is 1. The van der Waals surface area contributed by atoms with Gasteiger partial charge in [0, 0.05) is 21.3 Å². The maximum Gasteiger partial charge on any atom is 0.267 e. The summed E-state index contributed by atoms with van der Waals surface area (Å²) in [7, 11) is 0. The first-order valence-corrected chi connectivity index (χ1v) is 10.1. The van der Waals surface area contributed by atoms with Gasteiger partial charge in [-0.2, -0.15) is 5.26 Å². The van der Waals surface area contributed by atoms with Crippen molar-refractivity contribution in [3.63, 3.8) is 0 Å². The smallest absolute Gasteiger partial charge is 0.267 e. The molecule has 0 atom stereocenters. The van der Waals surface area contributed by atoms with Gasteiger partial charge in [-0.1, -0.05) is 53.5 Å². The van der Waals surface area contributed by atoms with Crippen LogP contribution in [0.3, 0.4) is 0 Å². The first-order chi connectivity index (χ1) is 15.0. The van der Waals surface area contributed by atoms with Gasteiger partial charge in [-0.05, 0) is 48.0 Å². The Bertz CT molecular complexity index is 1240. The molecule has 3 aromatic carbocycles. The lowest BCUT2D eigenvalue weighted by atomic mass is 10.0. The average molecular weight is 448 g/mol. The van der Waals surface area contributed by atoms with Crippen molar-refractivity contribution >= 4 is 52.0 Å². The number of benzene rings is 3. The molecule has 0 fully saturated rings. The molecule has 0 unspecified atom stereocenters. The number of fused-ring (bicyclic) bond motifs is 1. The van der Waals surface area contributed by atoms with Crippen molar-refractivity contribution in [2.75, 3.05) is 10.2 Å². The zero-order valence-corrected chi connectivity index (χ0v) is 17.6. The molecule has 0 saturated carbocycles. The van der Waals surface area contributed by atoms with E-state index in [1.807, 2.05) is 24.3 Å². The topological polar surface area (TPSA) is 73.2 Å². The van der Waals surface area contributed by atoms with Gasteiger partial charge in [-0.15, -0.1) is 0 Å². The van der Waals surface area contributed by atoms with Gasteiger partial charge in [-0.3, -0.25) is 9.59 Å². The number of rotatable bonds is 4. The highest BCUT2D eigenvalue weighted by molar-refractivity contribution is 6.37. The number of hydrogen-bond acceptors (Lipinski definition) is 3. The lowest BCUT2D eigenvalue weighted by molar-refractivity contribution is -0.114. The summed E-state index contributed by atoms with van der Waals surface area (Å²) >= 11 is 11.8. The molecule has 0 saturated heterocycles. The lowest BCUT2D eigenvalue weighted by Gasteiger charge is -2.17. The van der Waals surface area contributed by atoms with Crippen molar-refractivity contribution in [1.29, 1.82) is 5.26 Å². The van der Waals surface area contributed by atoms with E-state index in [0.29, 0.717) is 27.0 Å². The zero-order chi connectivity index (χ0) is 22.0. The molecule has 0 spiro atoms. The van der Waals surface area contributed by atoms with Crippen LogP contribution in [-0.4, -0.2) is 11.8 Å². The number of anilines is 2. The van der Waals surface area contributed by atoms with Gasteiger partial charge >= 0.3 is 0 Å². The third-order valence-electron chi connectivity index (χ3n) is 4.87. The number of carbonyl (C=O) groups is 2. The summed E-state index contributed by atoms with van der Waals surface area (Å²) in [6.07, 6.45) is 0. The van der Waals surface area contributed by atoms with Crippen LogP contribution < -0.4 is 10.2 Å². The van der Waals surface area contributed by atoms with E-state index in [1.54, 1.807) is 59.5 Å². The van der Waals surface area contributed by atoms with Gasteiger partial charge in [0.25, 0.3) is 11.8 Å². The van der Waals surface area contributed by atoms with Crippen molar-refractivity contribution in [1.82, 2.24) is 0 Å². The van der Waals surface area contributed by atoms with E-state index < -0.39 is 11.8 Å². The molecule has 152 valence electrons. The third kappa shape index (κ3) is 4.17. The third-order valence-corrected chi connectivity index (χ3v) is 5.37. The van der Waals surface area contributed by atoms with Crippen LogP contribution in [0.15, 0.2) is 78.4 Å². The fraction of sp³-hybridized carbons (Fsp3) is 0.0417. The minimum Gasteiger partial charge on any atom is -0.321 e. The first kappa shape index (κ1) is 20.7. The Kier molecular flexibility index (Phi) is 5.77. The molecular weight excluding hydrogens is 433 g/mol. The number of hydrogen-bond donors (Lipinski definition) is 1. The molecule has 2 amide bonds. The van der Waals surface area contributed by atoms with E-state index in [-0.39, 0.29) is 17.7 Å². The summed E-state index contributed by atoms with van der Waals surface area (Å²) < 4.78 is 0. The molecule has 1 heterocycles. The van der Waals surface area contributed by atoms with E-state index in [0.717, 1.165) is 5.56 Å². The predicted molar refractivity (Wildman–Crippen MR) is 122 cm³/mol. The summed E-state index contributed by atoms with van der Waals surface area (Å²) in [5, 5.41) is 13.5. The van der Waals surface area contributed by atoms with E-state index in [9.17, 15) is 14.9 Å². The Morgan fingerprint density at radius 2 is 1.55 bits per heavy atom. The Morgan fingerprint density at radius 3 is 2.19 bits per heavy atom. The van der Waals surface area contributed by atoms with Gasteiger partial charge in [0.15, 0.2) is 0 Å². The lowest BCUT2D eigenvalue weighted by Crippen LogP contribution is -2.27. The van der Waals surface area contributed by atoms with E-state index in [2.05, 4.69) is 5.32 Å². The number of halogens is 2. The highest BCUT2D eigenvalue weighted by Gasteiger charge is 2.36. The molecule has 1 aliphatic heterocycles. The summed E-state index contributed by atoms with van der Waals surface area (Å²) in [6, 6.07) is 22.7. The van der Waals surface area contributed by atoms with Crippen LogP contribution in [0.1, 0.15) is 11.1 Å². The number of nitrogens with zero attached hydrogens (tertiary/aromatic N) is 2. The highest BCUT2D eigenvalue weighted by Crippen LogP contribution is 2.39. The zero-order valence-electron chi connectivity index (χ0n) is 16.1. The fourth-order valence-electron chi connectivity index (χ4n) is 3.40. The normalized spacial score (nSPS) is 14.1. The second-order valence-corrected chi connectivity index (χ2v) is 7.73. The maximum absolute atomic E-state index is 13.3. The number of nitrogens with one attached hydrogen (secondary N) is 1. The maximum atomic E-state index is 13.3. The molecule has 0 radical (unpaired) electrons. The van der Waals surface area contributed by atoms with Gasteiger partial charge in [0.2, 0.25) is 0 Å². The first-order valence-electron chi connectivity index (χ1n) is 9.35. The molecule has 0 aromatic heterocycles. The fourth-order valence-corrected chi connectivity index (χ4v) is 3.65. The second-order valence-electron chi connectivity index (χ2n) is 6.86. The summed E-state index contributed by atoms with van der Waals surface area (Å²) in [5.41, 5.74) is 2.37. The molecule has 0 bridgehead atoms. The summed E-state index contributed by atoms with van der Waals surface area (Å²) in [5.74, 6) is -1.06. The standard InChI is InChI=1S/C24H15Cl2N3O2/c25-16-7-5-15(6-8-16)14-29-21-4-2-1-3-19(21)22(24(29)31)20(13-27)23(30)28-18-11-9-17(26)10-12-18/h1-12H,14H2,(H,28,30)/b22-20+. The highest BCUT2D eigenvalue weighted by atomic mass is 35.5. The SMILES string of the molecule is N#C/C(C(=O)Nc1ccc(Cl)cc1)=C1\C(=O)N(Cc2ccc(Cl)cc2)c2ccccc21. The largest absolute Gasteiger partial charge is 0.321 e. The van der Waals surface area contributed by atoms with Crippen molar-refractivity contribution in [2.45, 2.75) is 6.54 Å². The molecule has 3 aromatic rings. The quantitative estimate of drug-likeness (QED) is 0.426. The molecule has 31 heavy (non-hydrogen) atoms. The van der Waals surface area contributed by atoms with Crippen molar-refractivity contribution in [2.24, 2.45) is 0 Å². The van der Waals surface area contributed by atoms with Crippen LogP contribution in [-0.2, 0) is 16.1 Å². The Balaban J connectivity index is 1.72. The summed E-state index contributed by atoms with van der Waals surface area (Å²) in [4.78, 5) is 27.7. The predicted octanol–water partition coefficient (Wildman–Crippen LogP) is 5.46. The molecular formula is C24H15Cl2N3O2. The second kappa shape index (κ2) is 8.65. The van der Waals surface area contributed by atoms with Gasteiger partial charge in [-0.25, -0.2) is 0 Å².